The summed E-state index contributed by atoms with van der Waals surface area (Å²) in [6.45, 7) is 14.2. The lowest BCUT2D eigenvalue weighted by atomic mass is 10.1. The van der Waals surface area contributed by atoms with Gasteiger partial charge < -0.3 is 13.7 Å². The van der Waals surface area contributed by atoms with E-state index in [0.29, 0.717) is 18.8 Å². The molecule has 34 heavy (non-hydrogen) atoms. The fraction of sp³-hybridized carbons (Fsp3) is 0.481. The Morgan fingerprint density at radius 2 is 1.88 bits per heavy atom. The van der Waals surface area contributed by atoms with Crippen molar-refractivity contribution in [3.8, 4) is 0 Å². The van der Waals surface area contributed by atoms with Crippen molar-refractivity contribution >= 4 is 36.8 Å². The first-order valence-electron chi connectivity index (χ1n) is 12.1. The topological polar surface area (TPSA) is 53.4 Å². The molecular weight excluding hydrogens is 460 g/mol. The van der Waals surface area contributed by atoms with Crippen LogP contribution in [0.5, 0.6) is 0 Å². The van der Waals surface area contributed by atoms with Crippen LogP contribution in [0.15, 0.2) is 59.9 Å². The van der Waals surface area contributed by atoms with Crippen molar-refractivity contribution in [1.29, 1.82) is 0 Å². The number of ether oxygens (including phenoxy) is 1. The van der Waals surface area contributed by atoms with Crippen LogP contribution in [-0.2, 0) is 15.7 Å². The first kappa shape index (κ1) is 26.5. The van der Waals surface area contributed by atoms with Crippen molar-refractivity contribution in [2.75, 3.05) is 12.4 Å². The number of imidazole rings is 1. The van der Waals surface area contributed by atoms with Gasteiger partial charge in [0.05, 0.1) is 19.0 Å². The average Bonchev–Trinajstić information content (AvgIpc) is 3.24. The third kappa shape index (κ3) is 6.96. The zero-order valence-electron chi connectivity index (χ0n) is 21.3. The number of aromatic nitrogens is 2. The third-order valence-electron chi connectivity index (χ3n) is 6.48. The van der Waals surface area contributed by atoms with Gasteiger partial charge in [-0.15, -0.1) is 11.8 Å². The summed E-state index contributed by atoms with van der Waals surface area (Å²) in [6.07, 6.45) is 5.55. The van der Waals surface area contributed by atoms with E-state index in [2.05, 4.69) is 81.3 Å². The first-order chi connectivity index (χ1) is 16.1. The molecule has 0 N–H and O–H groups in total. The SMILES string of the molecule is CCOC(=O)c1cn(C[C@H](CCCSc2cccc3ccccc23)O[Si](C)(C)C(C)(C)C)cn1. The van der Waals surface area contributed by atoms with Crippen LogP contribution in [0.25, 0.3) is 10.8 Å². The highest BCUT2D eigenvalue weighted by atomic mass is 32.2. The summed E-state index contributed by atoms with van der Waals surface area (Å²) in [4.78, 5) is 17.6. The van der Waals surface area contributed by atoms with Crippen molar-refractivity contribution in [3.05, 3.63) is 60.7 Å². The van der Waals surface area contributed by atoms with Gasteiger partial charge in [-0.1, -0.05) is 57.2 Å². The zero-order valence-corrected chi connectivity index (χ0v) is 23.2. The first-order valence-corrected chi connectivity index (χ1v) is 16.0. The second-order valence-electron chi connectivity index (χ2n) is 10.1. The molecule has 0 saturated carbocycles. The molecule has 5 nitrogen and oxygen atoms in total. The molecule has 0 saturated heterocycles. The summed E-state index contributed by atoms with van der Waals surface area (Å²) >= 11 is 1.91. The minimum atomic E-state index is -1.94. The summed E-state index contributed by atoms with van der Waals surface area (Å²) in [5.74, 6) is 0.651. The minimum Gasteiger partial charge on any atom is -0.461 e. The van der Waals surface area contributed by atoms with Crippen molar-refractivity contribution in [1.82, 2.24) is 9.55 Å². The fourth-order valence-corrected chi connectivity index (χ4v) is 6.03. The van der Waals surface area contributed by atoms with E-state index in [1.807, 2.05) is 16.3 Å². The average molecular weight is 499 g/mol. The second kappa shape index (κ2) is 11.6. The molecule has 1 aromatic heterocycles. The molecule has 1 atom stereocenters. The van der Waals surface area contributed by atoms with Gasteiger partial charge in [0.1, 0.15) is 0 Å². The van der Waals surface area contributed by atoms with Gasteiger partial charge in [-0.25, -0.2) is 9.78 Å². The Hall–Kier alpha value is -2.09. The van der Waals surface area contributed by atoms with Crippen molar-refractivity contribution in [2.24, 2.45) is 0 Å². The molecule has 0 spiro atoms. The number of nitrogens with zero attached hydrogens (tertiary/aromatic N) is 2. The number of hydrogen-bond acceptors (Lipinski definition) is 5. The Morgan fingerprint density at radius 1 is 1.15 bits per heavy atom. The van der Waals surface area contributed by atoms with Crippen LogP contribution < -0.4 is 0 Å². The van der Waals surface area contributed by atoms with Crippen molar-refractivity contribution in [3.63, 3.8) is 0 Å². The van der Waals surface area contributed by atoms with E-state index in [9.17, 15) is 4.79 Å². The molecule has 1 heterocycles. The van der Waals surface area contributed by atoms with Gasteiger partial charge in [-0.05, 0) is 60.5 Å². The van der Waals surface area contributed by atoms with Crippen LogP contribution in [0.3, 0.4) is 0 Å². The summed E-state index contributed by atoms with van der Waals surface area (Å²) in [7, 11) is -1.94. The zero-order chi connectivity index (χ0) is 24.8. The highest BCUT2D eigenvalue weighted by Gasteiger charge is 2.39. The highest BCUT2D eigenvalue weighted by molar-refractivity contribution is 7.99. The molecule has 0 aliphatic carbocycles. The normalized spacial score (nSPS) is 13.2. The van der Waals surface area contributed by atoms with Crippen LogP contribution in [0.4, 0.5) is 0 Å². The number of thioether (sulfide) groups is 1. The number of esters is 1. The molecule has 0 unspecified atom stereocenters. The smallest absolute Gasteiger partial charge is 0.358 e. The Bertz CT molecular complexity index is 1090. The lowest BCUT2D eigenvalue weighted by molar-refractivity contribution is 0.0519. The molecule has 7 heteroatoms. The number of carbonyl (C=O) groups excluding carboxylic acids is 1. The number of hydrogen-bond donors (Lipinski definition) is 0. The molecule has 0 aliphatic heterocycles. The summed E-state index contributed by atoms with van der Waals surface area (Å²) in [5.41, 5.74) is 0.347. The lowest BCUT2D eigenvalue weighted by Gasteiger charge is -2.39. The van der Waals surface area contributed by atoms with Gasteiger partial charge in [-0.3, -0.25) is 0 Å². The maximum absolute atomic E-state index is 12.0. The number of benzene rings is 2. The molecule has 3 rings (SSSR count). The number of carbonyl (C=O) groups is 1. The minimum absolute atomic E-state index is 0.0678. The van der Waals surface area contributed by atoms with Gasteiger partial charge in [0.25, 0.3) is 0 Å². The van der Waals surface area contributed by atoms with Gasteiger partial charge >= 0.3 is 5.97 Å². The summed E-state index contributed by atoms with van der Waals surface area (Å²) < 4.78 is 13.9. The maximum atomic E-state index is 12.0. The van der Waals surface area contributed by atoms with E-state index in [0.717, 1.165) is 18.6 Å². The molecule has 0 fully saturated rings. The maximum Gasteiger partial charge on any atom is 0.358 e. The van der Waals surface area contributed by atoms with Gasteiger partial charge in [0.2, 0.25) is 0 Å². The monoisotopic (exact) mass is 498 g/mol. The second-order valence-corrected chi connectivity index (χ2v) is 16.0. The predicted molar refractivity (Wildman–Crippen MR) is 144 cm³/mol. The highest BCUT2D eigenvalue weighted by Crippen LogP contribution is 2.38. The van der Waals surface area contributed by atoms with E-state index in [1.165, 1.54) is 15.7 Å². The Kier molecular flexibility index (Phi) is 9.01. The van der Waals surface area contributed by atoms with Crippen LogP contribution >= 0.6 is 11.8 Å². The fourth-order valence-electron chi connectivity index (χ4n) is 3.60. The molecule has 0 amide bonds. The van der Waals surface area contributed by atoms with E-state index in [4.69, 9.17) is 9.16 Å². The molecular formula is C27H38N2O3SSi. The molecule has 0 radical (unpaired) electrons. The van der Waals surface area contributed by atoms with E-state index in [-0.39, 0.29) is 17.1 Å². The Balaban J connectivity index is 1.65. The van der Waals surface area contributed by atoms with E-state index in [1.54, 1.807) is 19.4 Å². The molecule has 2 aromatic carbocycles. The van der Waals surface area contributed by atoms with Crippen molar-refractivity contribution in [2.45, 2.75) is 76.2 Å². The molecule has 0 aliphatic rings. The van der Waals surface area contributed by atoms with Crippen LogP contribution in [0.2, 0.25) is 18.1 Å². The van der Waals surface area contributed by atoms with Crippen LogP contribution in [0.1, 0.15) is 51.0 Å². The Labute approximate surface area is 209 Å². The van der Waals surface area contributed by atoms with E-state index >= 15 is 0 Å². The molecule has 0 bridgehead atoms. The van der Waals surface area contributed by atoms with E-state index < -0.39 is 8.32 Å². The van der Waals surface area contributed by atoms with Crippen LogP contribution in [0, 0.1) is 0 Å². The van der Waals surface area contributed by atoms with Crippen LogP contribution in [-0.4, -0.2) is 42.3 Å². The predicted octanol–water partition coefficient (Wildman–Crippen LogP) is 7.18. The lowest BCUT2D eigenvalue weighted by Crippen LogP contribution is -2.45. The standard InChI is InChI=1S/C27H38N2O3SSi/c1-7-31-26(30)24-19-29(20-28-24)18-22(32-34(5,6)27(2,3)4)14-11-17-33-25-16-10-13-21-12-8-9-15-23(21)25/h8-10,12-13,15-16,19-20,22H,7,11,14,17-18H2,1-6H3/t22-/m0/s1. The quantitative estimate of drug-likeness (QED) is 0.121. The summed E-state index contributed by atoms with van der Waals surface area (Å²) in [5, 5.41) is 2.73. The summed E-state index contributed by atoms with van der Waals surface area (Å²) in [6, 6.07) is 15.1. The Morgan fingerprint density at radius 3 is 2.62 bits per heavy atom. The van der Waals surface area contributed by atoms with Gasteiger partial charge in [0.15, 0.2) is 14.0 Å². The molecule has 3 aromatic rings. The number of fused-ring (bicyclic) bond motifs is 1. The number of rotatable bonds is 11. The van der Waals surface area contributed by atoms with Crippen molar-refractivity contribution < 1.29 is 14.0 Å². The van der Waals surface area contributed by atoms with Gasteiger partial charge in [0, 0.05) is 17.6 Å². The van der Waals surface area contributed by atoms with Gasteiger partial charge in [-0.2, -0.15) is 0 Å². The largest absolute Gasteiger partial charge is 0.461 e. The third-order valence-corrected chi connectivity index (χ3v) is 12.2. The molecule has 184 valence electrons.